The molecule has 0 aromatic rings. The standard InChI is InChI=1S/C10H17NO3.CH4O/c1-14-10(13)11-9(7-12)8-5-3-2-4-6-8;1-2/h7-9H,2-6H2,1H3,(H,11,13);2H,1H3. The number of carbonyl (C=O) groups excluding carboxylic acids is 2. The zero-order valence-corrected chi connectivity index (χ0v) is 9.94. The van der Waals surface area contributed by atoms with Crippen molar-refractivity contribution in [3.05, 3.63) is 0 Å². The van der Waals surface area contributed by atoms with Crippen molar-refractivity contribution < 1.29 is 19.4 Å². The Morgan fingerprint density at radius 2 is 1.94 bits per heavy atom. The van der Waals surface area contributed by atoms with Gasteiger partial charge in [0.25, 0.3) is 0 Å². The fourth-order valence-electron chi connectivity index (χ4n) is 1.95. The number of methoxy groups -OCH3 is 1. The van der Waals surface area contributed by atoms with Crippen molar-refractivity contribution >= 4 is 12.4 Å². The normalized spacial score (nSPS) is 17.7. The van der Waals surface area contributed by atoms with Crippen LogP contribution in [0.4, 0.5) is 4.79 Å². The maximum absolute atomic E-state index is 10.9. The number of aliphatic hydroxyl groups is 1. The SMILES string of the molecule is CO.COC(=O)NC(C=O)C1CCCCC1. The second kappa shape index (κ2) is 9.15. The van der Waals surface area contributed by atoms with E-state index < -0.39 is 6.09 Å². The van der Waals surface area contributed by atoms with E-state index in [4.69, 9.17) is 5.11 Å². The molecule has 0 saturated heterocycles. The number of rotatable bonds is 3. The van der Waals surface area contributed by atoms with Crippen molar-refractivity contribution in [1.82, 2.24) is 5.32 Å². The second-order valence-electron chi connectivity index (χ2n) is 3.70. The molecule has 1 amide bonds. The van der Waals surface area contributed by atoms with Crippen molar-refractivity contribution in [3.8, 4) is 0 Å². The summed E-state index contributed by atoms with van der Waals surface area (Å²) < 4.78 is 4.46. The highest BCUT2D eigenvalue weighted by Gasteiger charge is 2.24. The van der Waals surface area contributed by atoms with E-state index >= 15 is 0 Å². The molecule has 0 heterocycles. The van der Waals surface area contributed by atoms with E-state index in [0.29, 0.717) is 5.92 Å². The number of ether oxygens (including phenoxy) is 1. The molecule has 0 radical (unpaired) electrons. The number of hydrogen-bond acceptors (Lipinski definition) is 4. The molecule has 1 aliphatic carbocycles. The molecule has 1 atom stereocenters. The minimum Gasteiger partial charge on any atom is -0.453 e. The first-order valence-electron chi connectivity index (χ1n) is 5.52. The number of carbonyl (C=O) groups is 2. The maximum Gasteiger partial charge on any atom is 0.407 e. The van der Waals surface area contributed by atoms with Crippen LogP contribution in [-0.2, 0) is 9.53 Å². The smallest absolute Gasteiger partial charge is 0.407 e. The van der Waals surface area contributed by atoms with Crippen LogP contribution in [0.15, 0.2) is 0 Å². The molecule has 2 N–H and O–H groups in total. The number of amides is 1. The average Bonchev–Trinajstić information content (AvgIpc) is 2.39. The fraction of sp³-hybridized carbons (Fsp3) is 0.818. The van der Waals surface area contributed by atoms with Gasteiger partial charge >= 0.3 is 6.09 Å². The van der Waals surface area contributed by atoms with Gasteiger partial charge < -0.3 is 20.0 Å². The molecule has 5 nitrogen and oxygen atoms in total. The van der Waals surface area contributed by atoms with Crippen molar-refractivity contribution in [2.45, 2.75) is 38.1 Å². The summed E-state index contributed by atoms with van der Waals surface area (Å²) >= 11 is 0. The number of nitrogens with one attached hydrogen (secondary N) is 1. The summed E-state index contributed by atoms with van der Waals surface area (Å²) in [6, 6.07) is -0.372. The minimum absolute atomic E-state index is 0.292. The highest BCUT2D eigenvalue weighted by molar-refractivity contribution is 5.73. The first-order chi connectivity index (χ1) is 7.77. The Balaban J connectivity index is 0.00000106. The summed E-state index contributed by atoms with van der Waals surface area (Å²) in [5.74, 6) is 0.292. The second-order valence-corrected chi connectivity index (χ2v) is 3.70. The van der Waals surface area contributed by atoms with Gasteiger partial charge in [-0.3, -0.25) is 0 Å². The van der Waals surface area contributed by atoms with Gasteiger partial charge in [-0.25, -0.2) is 4.79 Å². The zero-order chi connectivity index (χ0) is 12.4. The summed E-state index contributed by atoms with van der Waals surface area (Å²) in [7, 11) is 2.30. The molecule has 0 aliphatic heterocycles. The van der Waals surface area contributed by atoms with Crippen LogP contribution in [0.1, 0.15) is 32.1 Å². The molecule has 1 fully saturated rings. The summed E-state index contributed by atoms with van der Waals surface area (Å²) in [6.07, 6.45) is 5.87. The first kappa shape index (κ1) is 14.9. The van der Waals surface area contributed by atoms with E-state index in [2.05, 4.69) is 10.1 Å². The Morgan fingerprint density at radius 3 is 2.38 bits per heavy atom. The molecule has 1 rings (SSSR count). The Hall–Kier alpha value is -1.10. The Morgan fingerprint density at radius 1 is 1.38 bits per heavy atom. The molecule has 0 aromatic heterocycles. The molecule has 0 spiro atoms. The van der Waals surface area contributed by atoms with E-state index in [1.165, 1.54) is 13.5 Å². The Labute approximate surface area is 96.2 Å². The van der Waals surface area contributed by atoms with Crippen molar-refractivity contribution in [1.29, 1.82) is 0 Å². The predicted octanol–water partition coefficient (Wildman–Crippen LogP) is 1.10. The van der Waals surface area contributed by atoms with Gasteiger partial charge in [-0.1, -0.05) is 19.3 Å². The van der Waals surface area contributed by atoms with E-state index in [0.717, 1.165) is 39.1 Å². The molecule has 1 saturated carbocycles. The maximum atomic E-state index is 10.9. The van der Waals surface area contributed by atoms with Crippen LogP contribution in [0.5, 0.6) is 0 Å². The summed E-state index contributed by atoms with van der Waals surface area (Å²) in [5.41, 5.74) is 0. The lowest BCUT2D eigenvalue weighted by Gasteiger charge is -2.26. The quantitative estimate of drug-likeness (QED) is 0.713. The first-order valence-corrected chi connectivity index (χ1v) is 5.52. The van der Waals surface area contributed by atoms with Crippen LogP contribution in [0, 0.1) is 5.92 Å². The van der Waals surface area contributed by atoms with E-state index in [1.807, 2.05) is 0 Å². The predicted molar refractivity (Wildman–Crippen MR) is 60.1 cm³/mol. The Bertz CT molecular complexity index is 202. The summed E-state index contributed by atoms with van der Waals surface area (Å²) in [5, 5.41) is 9.56. The van der Waals surface area contributed by atoms with Gasteiger partial charge in [0.05, 0.1) is 13.2 Å². The van der Waals surface area contributed by atoms with Crippen LogP contribution < -0.4 is 5.32 Å². The highest BCUT2D eigenvalue weighted by atomic mass is 16.5. The average molecular weight is 231 g/mol. The third-order valence-corrected chi connectivity index (χ3v) is 2.77. The van der Waals surface area contributed by atoms with Gasteiger partial charge in [-0.15, -0.1) is 0 Å². The van der Waals surface area contributed by atoms with Crippen LogP contribution in [-0.4, -0.2) is 37.7 Å². The van der Waals surface area contributed by atoms with Crippen molar-refractivity contribution in [3.63, 3.8) is 0 Å². The molecule has 16 heavy (non-hydrogen) atoms. The third kappa shape index (κ3) is 5.11. The number of aldehydes is 1. The van der Waals surface area contributed by atoms with Crippen LogP contribution in [0.3, 0.4) is 0 Å². The Kier molecular flexibility index (Phi) is 8.52. The number of hydrogen-bond donors (Lipinski definition) is 2. The monoisotopic (exact) mass is 231 g/mol. The molecule has 94 valence electrons. The van der Waals surface area contributed by atoms with Gasteiger partial charge in [0.15, 0.2) is 0 Å². The molecule has 0 bridgehead atoms. The number of alkyl carbamates (subject to hydrolysis) is 1. The summed E-state index contributed by atoms with van der Waals surface area (Å²) in [6.45, 7) is 0. The third-order valence-electron chi connectivity index (χ3n) is 2.77. The number of aliphatic hydroxyl groups excluding tert-OH is 1. The lowest BCUT2D eigenvalue weighted by Crippen LogP contribution is -2.42. The van der Waals surface area contributed by atoms with E-state index in [9.17, 15) is 9.59 Å². The van der Waals surface area contributed by atoms with Crippen molar-refractivity contribution in [2.24, 2.45) is 5.92 Å². The van der Waals surface area contributed by atoms with Gasteiger partial charge in [0.1, 0.15) is 6.29 Å². The van der Waals surface area contributed by atoms with Gasteiger partial charge in [-0.2, -0.15) is 0 Å². The van der Waals surface area contributed by atoms with E-state index in [1.54, 1.807) is 0 Å². The lowest BCUT2D eigenvalue weighted by atomic mass is 9.84. The summed E-state index contributed by atoms with van der Waals surface area (Å²) in [4.78, 5) is 21.7. The van der Waals surface area contributed by atoms with Crippen LogP contribution in [0.2, 0.25) is 0 Å². The van der Waals surface area contributed by atoms with Crippen molar-refractivity contribution in [2.75, 3.05) is 14.2 Å². The lowest BCUT2D eigenvalue weighted by molar-refractivity contribution is -0.110. The molecule has 1 aliphatic rings. The van der Waals surface area contributed by atoms with Crippen LogP contribution >= 0.6 is 0 Å². The van der Waals surface area contributed by atoms with Crippen LogP contribution in [0.25, 0.3) is 0 Å². The molecular weight excluding hydrogens is 210 g/mol. The van der Waals surface area contributed by atoms with Gasteiger partial charge in [0, 0.05) is 7.11 Å². The largest absolute Gasteiger partial charge is 0.453 e. The van der Waals surface area contributed by atoms with E-state index in [-0.39, 0.29) is 6.04 Å². The van der Waals surface area contributed by atoms with Gasteiger partial charge in [-0.05, 0) is 18.8 Å². The highest BCUT2D eigenvalue weighted by Crippen LogP contribution is 2.25. The molecule has 5 heteroatoms. The topological polar surface area (TPSA) is 75.6 Å². The van der Waals surface area contributed by atoms with Gasteiger partial charge in [0.2, 0.25) is 0 Å². The molecule has 1 unspecified atom stereocenters. The zero-order valence-electron chi connectivity index (χ0n) is 9.94. The molecule has 0 aromatic carbocycles. The molecular formula is C11H21NO4. The fourth-order valence-corrected chi connectivity index (χ4v) is 1.95. The minimum atomic E-state index is -0.521.